The molecule has 0 saturated carbocycles. The van der Waals surface area contributed by atoms with Crippen molar-refractivity contribution < 1.29 is 0 Å². The van der Waals surface area contributed by atoms with Gasteiger partial charge in [-0.05, 0) is 61.3 Å². The third-order valence-corrected chi connectivity index (χ3v) is 3.54. The van der Waals surface area contributed by atoms with E-state index in [1.165, 1.54) is 31.2 Å². The lowest BCUT2D eigenvalue weighted by atomic mass is 9.87. The van der Waals surface area contributed by atoms with E-state index in [0.29, 0.717) is 5.92 Å². The third-order valence-electron chi connectivity index (χ3n) is 3.54. The second-order valence-electron chi connectivity index (χ2n) is 4.71. The molecule has 0 fully saturated rings. The van der Waals surface area contributed by atoms with Crippen LogP contribution in [0.15, 0.2) is 18.2 Å². The Hall–Kier alpha value is -0.820. The zero-order chi connectivity index (χ0) is 10.7. The Bertz CT molecular complexity index is 330. The molecule has 15 heavy (non-hydrogen) atoms. The number of rotatable bonds is 3. The summed E-state index contributed by atoms with van der Waals surface area (Å²) in [5.41, 5.74) is 10.2. The van der Waals surface area contributed by atoms with Gasteiger partial charge in [-0.1, -0.05) is 25.1 Å². The fraction of sp³-hybridized carbons (Fsp3) is 0.571. The van der Waals surface area contributed by atoms with Crippen LogP contribution >= 0.6 is 0 Å². The van der Waals surface area contributed by atoms with Gasteiger partial charge in [0.15, 0.2) is 0 Å². The first-order valence-corrected chi connectivity index (χ1v) is 6.13. The third kappa shape index (κ3) is 2.40. The van der Waals surface area contributed by atoms with Crippen molar-refractivity contribution in [2.45, 2.75) is 44.9 Å². The summed E-state index contributed by atoms with van der Waals surface area (Å²) in [5.74, 6) is 0.613. The Kier molecular flexibility index (Phi) is 3.42. The summed E-state index contributed by atoms with van der Waals surface area (Å²) in [5, 5.41) is 0. The highest BCUT2D eigenvalue weighted by atomic mass is 14.5. The number of nitrogens with two attached hydrogens (primary N) is 1. The molecule has 1 aromatic carbocycles. The van der Waals surface area contributed by atoms with Gasteiger partial charge in [0, 0.05) is 0 Å². The molecule has 0 unspecified atom stereocenters. The minimum Gasteiger partial charge on any atom is -0.330 e. The van der Waals surface area contributed by atoms with Crippen LogP contribution in [0.4, 0.5) is 0 Å². The van der Waals surface area contributed by atoms with E-state index in [9.17, 15) is 0 Å². The smallest absolute Gasteiger partial charge is 0.00715 e. The van der Waals surface area contributed by atoms with Gasteiger partial charge in [0.05, 0.1) is 0 Å². The van der Waals surface area contributed by atoms with Crippen molar-refractivity contribution in [3.05, 3.63) is 34.9 Å². The zero-order valence-corrected chi connectivity index (χ0v) is 9.63. The van der Waals surface area contributed by atoms with E-state index in [1.54, 1.807) is 11.1 Å². The SMILES string of the molecule is C[C@@H](CCN)c1ccc2c(c1)CCCC2. The lowest BCUT2D eigenvalue weighted by molar-refractivity contribution is 0.667. The Morgan fingerprint density at radius 2 is 1.93 bits per heavy atom. The van der Waals surface area contributed by atoms with Gasteiger partial charge < -0.3 is 5.73 Å². The first-order chi connectivity index (χ1) is 7.31. The number of fused-ring (bicyclic) bond motifs is 1. The van der Waals surface area contributed by atoms with Crippen LogP contribution in [0.5, 0.6) is 0 Å². The molecule has 0 amide bonds. The van der Waals surface area contributed by atoms with Crippen LogP contribution < -0.4 is 5.73 Å². The maximum absolute atomic E-state index is 5.60. The van der Waals surface area contributed by atoms with E-state index in [4.69, 9.17) is 5.73 Å². The lowest BCUT2D eigenvalue weighted by Gasteiger charge is -2.18. The molecule has 0 spiro atoms. The molecular formula is C14H21N. The predicted molar refractivity (Wildman–Crippen MR) is 65.2 cm³/mol. The van der Waals surface area contributed by atoms with Gasteiger partial charge in [0.2, 0.25) is 0 Å². The van der Waals surface area contributed by atoms with Crippen molar-refractivity contribution in [1.29, 1.82) is 0 Å². The van der Waals surface area contributed by atoms with Crippen LogP contribution in [-0.2, 0) is 12.8 Å². The standard InChI is InChI=1S/C14H21N/c1-11(8-9-15)13-7-6-12-4-2-3-5-14(12)10-13/h6-7,10-11H,2-5,8-9,15H2,1H3/t11-/m0/s1. The van der Waals surface area contributed by atoms with Gasteiger partial charge >= 0.3 is 0 Å². The van der Waals surface area contributed by atoms with E-state index < -0.39 is 0 Å². The Morgan fingerprint density at radius 3 is 2.67 bits per heavy atom. The molecule has 0 aromatic heterocycles. The average Bonchev–Trinajstić information content (AvgIpc) is 2.29. The van der Waals surface area contributed by atoms with Crippen LogP contribution in [0.25, 0.3) is 0 Å². The second kappa shape index (κ2) is 4.80. The van der Waals surface area contributed by atoms with Crippen molar-refractivity contribution in [3.63, 3.8) is 0 Å². The summed E-state index contributed by atoms with van der Waals surface area (Å²) < 4.78 is 0. The predicted octanol–water partition coefficient (Wildman–Crippen LogP) is 3.02. The minimum atomic E-state index is 0.613. The van der Waals surface area contributed by atoms with Gasteiger partial charge in [-0.25, -0.2) is 0 Å². The van der Waals surface area contributed by atoms with E-state index in [1.807, 2.05) is 0 Å². The number of aryl methyl sites for hydroxylation is 2. The molecule has 0 radical (unpaired) electrons. The quantitative estimate of drug-likeness (QED) is 0.803. The number of benzene rings is 1. The van der Waals surface area contributed by atoms with Crippen LogP contribution in [0.1, 0.15) is 48.8 Å². The molecular weight excluding hydrogens is 182 g/mol. The van der Waals surface area contributed by atoms with Crippen molar-refractivity contribution in [3.8, 4) is 0 Å². The highest BCUT2D eigenvalue weighted by Gasteiger charge is 2.11. The number of hydrogen-bond donors (Lipinski definition) is 1. The summed E-state index contributed by atoms with van der Waals surface area (Å²) in [4.78, 5) is 0. The van der Waals surface area contributed by atoms with E-state index >= 15 is 0 Å². The molecule has 2 rings (SSSR count). The van der Waals surface area contributed by atoms with Gasteiger partial charge in [0.25, 0.3) is 0 Å². The Labute approximate surface area is 92.7 Å². The van der Waals surface area contributed by atoms with Crippen molar-refractivity contribution in [1.82, 2.24) is 0 Å². The fourth-order valence-corrected chi connectivity index (χ4v) is 2.48. The molecule has 0 aliphatic heterocycles. The first kappa shape index (κ1) is 10.7. The normalized spacial score (nSPS) is 17.2. The first-order valence-electron chi connectivity index (χ1n) is 6.13. The molecule has 0 bridgehead atoms. The monoisotopic (exact) mass is 203 g/mol. The van der Waals surface area contributed by atoms with Crippen molar-refractivity contribution in [2.75, 3.05) is 6.54 Å². The topological polar surface area (TPSA) is 26.0 Å². The minimum absolute atomic E-state index is 0.613. The van der Waals surface area contributed by atoms with Crippen LogP contribution in [0, 0.1) is 0 Å². The molecule has 82 valence electrons. The highest BCUT2D eigenvalue weighted by Crippen LogP contribution is 2.26. The van der Waals surface area contributed by atoms with Crippen LogP contribution in [0.2, 0.25) is 0 Å². The molecule has 2 N–H and O–H groups in total. The van der Waals surface area contributed by atoms with E-state index in [0.717, 1.165) is 13.0 Å². The summed E-state index contributed by atoms with van der Waals surface area (Å²) in [6.07, 6.45) is 6.38. The molecule has 0 saturated heterocycles. The number of hydrogen-bond acceptors (Lipinski definition) is 1. The van der Waals surface area contributed by atoms with Crippen LogP contribution in [0.3, 0.4) is 0 Å². The molecule has 0 heterocycles. The van der Waals surface area contributed by atoms with Crippen molar-refractivity contribution in [2.24, 2.45) is 5.73 Å². The second-order valence-corrected chi connectivity index (χ2v) is 4.71. The Morgan fingerprint density at radius 1 is 1.20 bits per heavy atom. The largest absolute Gasteiger partial charge is 0.330 e. The lowest BCUT2D eigenvalue weighted by Crippen LogP contribution is -2.07. The Balaban J connectivity index is 2.20. The van der Waals surface area contributed by atoms with Crippen molar-refractivity contribution >= 4 is 0 Å². The van der Waals surface area contributed by atoms with Gasteiger partial charge in [-0.15, -0.1) is 0 Å². The maximum Gasteiger partial charge on any atom is -0.00715 e. The van der Waals surface area contributed by atoms with E-state index in [2.05, 4.69) is 25.1 Å². The molecule has 1 aliphatic carbocycles. The van der Waals surface area contributed by atoms with Gasteiger partial charge in [-0.2, -0.15) is 0 Å². The molecule has 1 atom stereocenters. The molecule has 1 heteroatoms. The molecule has 1 aromatic rings. The summed E-state index contributed by atoms with van der Waals surface area (Å²) >= 11 is 0. The molecule has 1 nitrogen and oxygen atoms in total. The van der Waals surface area contributed by atoms with Crippen LogP contribution in [-0.4, -0.2) is 6.54 Å². The van der Waals surface area contributed by atoms with Gasteiger partial charge in [-0.3, -0.25) is 0 Å². The summed E-state index contributed by atoms with van der Waals surface area (Å²) in [6, 6.07) is 7.04. The fourth-order valence-electron chi connectivity index (χ4n) is 2.48. The van der Waals surface area contributed by atoms with E-state index in [-0.39, 0.29) is 0 Å². The average molecular weight is 203 g/mol. The zero-order valence-electron chi connectivity index (χ0n) is 9.63. The highest BCUT2D eigenvalue weighted by molar-refractivity contribution is 5.35. The van der Waals surface area contributed by atoms with Gasteiger partial charge in [0.1, 0.15) is 0 Å². The molecule has 1 aliphatic rings. The maximum atomic E-state index is 5.60. The summed E-state index contributed by atoms with van der Waals surface area (Å²) in [6.45, 7) is 3.07. The summed E-state index contributed by atoms with van der Waals surface area (Å²) in [7, 11) is 0.